The van der Waals surface area contributed by atoms with Crippen molar-refractivity contribution in [2.45, 2.75) is 101 Å². The highest BCUT2D eigenvalue weighted by molar-refractivity contribution is 6.00. The van der Waals surface area contributed by atoms with E-state index in [2.05, 4.69) is 15.3 Å². The van der Waals surface area contributed by atoms with E-state index in [0.717, 1.165) is 12.6 Å². The number of carbonyl (C=O) groups excluding carboxylic acids is 1. The first-order valence-corrected chi connectivity index (χ1v) is 17.8. The summed E-state index contributed by atoms with van der Waals surface area (Å²) in [7, 11) is 0. The Morgan fingerprint density at radius 3 is 2.47 bits per heavy atom. The number of rotatable bonds is 8. The molecule has 7 rings (SSSR count). The van der Waals surface area contributed by atoms with Crippen LogP contribution in [0.3, 0.4) is 0 Å². The Kier molecular flexibility index (Phi) is 9.41. The molecule has 3 aliphatic carbocycles. The third-order valence-electron chi connectivity index (χ3n) is 11.4. The molecule has 2 bridgehead atoms. The maximum atomic E-state index is 14.6. The number of amides is 1. The number of benzene rings is 1. The summed E-state index contributed by atoms with van der Waals surface area (Å²) in [6.07, 6.45) is -6.28. The lowest BCUT2D eigenvalue weighted by Crippen LogP contribution is -2.57. The monoisotopic (exact) mass is 757 g/mol. The minimum absolute atomic E-state index is 0.0155. The van der Waals surface area contributed by atoms with Crippen molar-refractivity contribution < 1.29 is 54.6 Å². The zero-order valence-corrected chi connectivity index (χ0v) is 28.7. The summed E-state index contributed by atoms with van der Waals surface area (Å²) in [6.45, 7) is 1.11. The van der Waals surface area contributed by atoms with E-state index in [0.29, 0.717) is 30.2 Å². The Labute approximate surface area is 299 Å². The number of nitrogens with zero attached hydrogens (tertiary/aromatic N) is 4. The van der Waals surface area contributed by atoms with Crippen LogP contribution in [0.5, 0.6) is 5.75 Å². The quantitative estimate of drug-likeness (QED) is 0.225. The van der Waals surface area contributed by atoms with Crippen molar-refractivity contribution in [2.24, 2.45) is 17.8 Å². The van der Waals surface area contributed by atoms with Gasteiger partial charge in [-0.05, 0) is 74.8 Å². The molecule has 2 aromatic heterocycles. The smallest absolute Gasteiger partial charge is 0.434 e. The molecule has 4 aliphatic rings. The van der Waals surface area contributed by atoms with Crippen molar-refractivity contribution >= 4 is 22.8 Å². The van der Waals surface area contributed by atoms with E-state index in [1.165, 1.54) is 17.2 Å². The molecule has 4 fully saturated rings. The van der Waals surface area contributed by atoms with Gasteiger partial charge in [-0.3, -0.25) is 9.69 Å². The number of aromatic nitrogens is 3. The number of nitrogens with one attached hydrogen (secondary N) is 1. The lowest BCUT2D eigenvalue weighted by molar-refractivity contribution is -0.146. The number of carboxylic acid groups (broad SMARTS) is 1. The van der Waals surface area contributed by atoms with Gasteiger partial charge in [0.25, 0.3) is 5.91 Å². The van der Waals surface area contributed by atoms with Crippen LogP contribution in [0.15, 0.2) is 30.6 Å². The van der Waals surface area contributed by atoms with Crippen molar-refractivity contribution in [1.82, 2.24) is 24.8 Å². The SMILES string of the molecule is CC1CC2CC(C1)C(NC(=O)c1cnc(-c3cn(C4CCC(F)(F)CC4)c4cc(O[C@H]5CCN(CC(F)(F)F)C5)ccc34)nc1C(F)(F)F)(C(=O)O)C2. The molecular weight excluding hydrogens is 718 g/mol. The zero-order valence-electron chi connectivity index (χ0n) is 28.7. The van der Waals surface area contributed by atoms with Crippen molar-refractivity contribution in [2.75, 3.05) is 19.6 Å². The van der Waals surface area contributed by atoms with Gasteiger partial charge in [0, 0.05) is 61.4 Å². The molecule has 3 saturated carbocycles. The Morgan fingerprint density at radius 2 is 1.79 bits per heavy atom. The predicted molar refractivity (Wildman–Crippen MR) is 174 cm³/mol. The normalized spacial score (nSPS) is 28.0. The number of hydrogen-bond donors (Lipinski definition) is 2. The number of hydrogen-bond acceptors (Lipinski definition) is 6. The van der Waals surface area contributed by atoms with E-state index in [1.54, 1.807) is 16.7 Å². The first kappa shape index (κ1) is 37.3. The molecule has 0 radical (unpaired) electrons. The number of aliphatic carboxylic acids is 1. The van der Waals surface area contributed by atoms with Gasteiger partial charge in [0.15, 0.2) is 11.5 Å². The van der Waals surface area contributed by atoms with E-state index in [-0.39, 0.29) is 55.5 Å². The van der Waals surface area contributed by atoms with Gasteiger partial charge in [-0.15, -0.1) is 0 Å². The van der Waals surface area contributed by atoms with Crippen LogP contribution in [0.25, 0.3) is 22.3 Å². The molecule has 3 heterocycles. The fraction of sp³-hybridized carbons (Fsp3) is 0.611. The second-order valence-corrected chi connectivity index (χ2v) is 15.4. The maximum Gasteiger partial charge on any atom is 0.434 e. The van der Waals surface area contributed by atoms with E-state index < -0.39 is 90.2 Å². The Bertz CT molecular complexity index is 1890. The predicted octanol–water partition coefficient (Wildman–Crippen LogP) is 7.89. The second-order valence-electron chi connectivity index (χ2n) is 15.4. The van der Waals surface area contributed by atoms with Crippen LogP contribution in [0.1, 0.15) is 86.8 Å². The molecule has 5 atom stereocenters. The van der Waals surface area contributed by atoms with Crippen molar-refractivity contribution in [3.05, 3.63) is 41.9 Å². The number of ether oxygens (including phenoxy) is 1. The summed E-state index contributed by atoms with van der Waals surface area (Å²) in [5, 5.41) is 13.1. The molecule has 1 aliphatic heterocycles. The summed E-state index contributed by atoms with van der Waals surface area (Å²) < 4.78 is 119. The fourth-order valence-electron chi connectivity index (χ4n) is 9.14. The largest absolute Gasteiger partial charge is 0.489 e. The van der Waals surface area contributed by atoms with Crippen LogP contribution in [-0.4, -0.2) is 79.8 Å². The summed E-state index contributed by atoms with van der Waals surface area (Å²) >= 11 is 0. The molecule has 53 heavy (non-hydrogen) atoms. The van der Waals surface area contributed by atoms with Gasteiger partial charge in [-0.2, -0.15) is 26.3 Å². The van der Waals surface area contributed by atoms with Crippen molar-refractivity contribution in [1.29, 1.82) is 0 Å². The van der Waals surface area contributed by atoms with E-state index in [4.69, 9.17) is 4.74 Å². The summed E-state index contributed by atoms with van der Waals surface area (Å²) in [4.78, 5) is 35.3. The molecule has 2 N–H and O–H groups in total. The summed E-state index contributed by atoms with van der Waals surface area (Å²) in [6, 6.07) is 4.18. The van der Waals surface area contributed by atoms with Gasteiger partial charge in [-0.25, -0.2) is 23.5 Å². The van der Waals surface area contributed by atoms with Gasteiger partial charge in [0.1, 0.15) is 17.4 Å². The Balaban J connectivity index is 1.23. The molecule has 4 unspecified atom stereocenters. The minimum atomic E-state index is -5.14. The fourth-order valence-corrected chi connectivity index (χ4v) is 9.14. The van der Waals surface area contributed by atoms with Gasteiger partial charge >= 0.3 is 18.3 Å². The zero-order chi connectivity index (χ0) is 38.1. The molecule has 17 heteroatoms. The van der Waals surface area contributed by atoms with E-state index in [9.17, 15) is 49.8 Å². The Morgan fingerprint density at radius 1 is 1.06 bits per heavy atom. The van der Waals surface area contributed by atoms with Crippen molar-refractivity contribution in [3.63, 3.8) is 0 Å². The van der Waals surface area contributed by atoms with Crippen LogP contribution < -0.4 is 10.1 Å². The van der Waals surface area contributed by atoms with E-state index >= 15 is 0 Å². The second kappa shape index (κ2) is 13.4. The first-order chi connectivity index (χ1) is 24.8. The molecule has 1 saturated heterocycles. The molecule has 9 nitrogen and oxygen atoms in total. The average Bonchev–Trinajstić information content (AvgIpc) is 3.73. The van der Waals surface area contributed by atoms with E-state index in [1.807, 2.05) is 6.92 Å². The highest BCUT2D eigenvalue weighted by Crippen LogP contribution is 2.51. The van der Waals surface area contributed by atoms with Crippen LogP contribution >= 0.6 is 0 Å². The number of likely N-dealkylation sites (tertiary alicyclic amines) is 1. The molecule has 288 valence electrons. The third-order valence-corrected chi connectivity index (χ3v) is 11.4. The summed E-state index contributed by atoms with van der Waals surface area (Å²) in [5.41, 5.74) is -3.67. The van der Waals surface area contributed by atoms with Gasteiger partial charge in [0.2, 0.25) is 5.92 Å². The van der Waals surface area contributed by atoms with Crippen LogP contribution in [-0.2, 0) is 11.0 Å². The van der Waals surface area contributed by atoms with Gasteiger partial charge < -0.3 is 19.7 Å². The van der Waals surface area contributed by atoms with Gasteiger partial charge in [0.05, 0.1) is 17.6 Å². The molecular formula is C36H39F8N5O4. The number of alkyl halides is 8. The van der Waals surface area contributed by atoms with Crippen molar-refractivity contribution in [3.8, 4) is 17.1 Å². The first-order valence-electron chi connectivity index (χ1n) is 17.8. The number of carbonyl (C=O) groups is 2. The number of carboxylic acids is 1. The van der Waals surface area contributed by atoms with Crippen LogP contribution in [0.4, 0.5) is 35.1 Å². The molecule has 1 amide bonds. The summed E-state index contributed by atoms with van der Waals surface area (Å²) in [5.74, 6) is -5.76. The van der Waals surface area contributed by atoms with Crippen LogP contribution in [0.2, 0.25) is 0 Å². The number of fused-ring (bicyclic) bond motifs is 3. The molecule has 1 aromatic carbocycles. The standard InChI is InChI=1S/C36H39F8N5O4/c1-19-10-20-12-21(11-19)34(14-20,32(51)52)47-31(50)26-15-45-30(46-29(26)36(42,43)44)27-17-49(22-4-7-33(37,38)8-5-22)28-13-23(2-3-25(27)28)53-24-6-9-48(16-24)18-35(39,40)41/h2-3,13,15,17,19-22,24H,4-12,14,16,18H2,1H3,(H,47,50)(H,51,52)/t19?,20?,21?,24-,34?/m0/s1. The third kappa shape index (κ3) is 7.54. The number of halogens is 8. The van der Waals surface area contributed by atoms with Crippen LogP contribution in [0, 0.1) is 17.8 Å². The maximum absolute atomic E-state index is 14.6. The molecule has 3 aromatic rings. The molecule has 0 spiro atoms. The van der Waals surface area contributed by atoms with Gasteiger partial charge in [-0.1, -0.05) is 6.92 Å². The highest BCUT2D eigenvalue weighted by atomic mass is 19.4. The Hall–Kier alpha value is -4.02. The topological polar surface area (TPSA) is 110 Å². The lowest BCUT2D eigenvalue weighted by atomic mass is 9.78. The highest BCUT2D eigenvalue weighted by Gasteiger charge is 2.56. The lowest BCUT2D eigenvalue weighted by Gasteiger charge is -2.33. The average molecular weight is 758 g/mol. The minimum Gasteiger partial charge on any atom is -0.489 e.